The molecule has 4 aromatic rings. The number of hydrogen-bond donors (Lipinski definition) is 1. The smallest absolute Gasteiger partial charge is 0.302 e. The Balaban J connectivity index is 1.21. The molecule has 1 aromatic carbocycles. The highest BCUT2D eigenvalue weighted by Crippen LogP contribution is 2.41. The van der Waals surface area contributed by atoms with Crippen molar-refractivity contribution in [3.63, 3.8) is 0 Å². The molecule has 1 amide bonds. The summed E-state index contributed by atoms with van der Waals surface area (Å²) in [7, 11) is 3.87. The lowest BCUT2D eigenvalue weighted by Gasteiger charge is -2.32. The average molecular weight is 649 g/mol. The maximum Gasteiger partial charge on any atom is 0.302 e. The molecule has 0 atom stereocenters. The van der Waals surface area contributed by atoms with Crippen LogP contribution in [0.2, 0.25) is 0 Å². The standard InChI is InChI=1S/C38H44N6O4/c1-24(45)48-23-30-29(7-6-8-32(30)44-16-15-43-33(37(44)47)18-27-19-38(2,3)20-34(27)43)28-17-31(36(46)42(5)22-28)40-35-10-9-26(21-39-35)25-11-13-41(4)14-12-25/h6-10,17-18,21-22,25H,11-16,19-20,23H2,1-5H3,(H,39,40). The van der Waals surface area contributed by atoms with E-state index in [1.807, 2.05) is 30.5 Å². The number of esters is 1. The Hall–Kier alpha value is -4.70. The van der Waals surface area contributed by atoms with Gasteiger partial charge in [0.25, 0.3) is 11.5 Å². The van der Waals surface area contributed by atoms with Crippen LogP contribution in [0.4, 0.5) is 17.2 Å². The van der Waals surface area contributed by atoms with Gasteiger partial charge in [0.15, 0.2) is 0 Å². The molecule has 5 heterocycles. The summed E-state index contributed by atoms with van der Waals surface area (Å²) in [6.07, 6.45) is 7.83. The maximum absolute atomic E-state index is 14.1. The molecule has 10 nitrogen and oxygen atoms in total. The van der Waals surface area contributed by atoms with E-state index in [0.717, 1.165) is 49.9 Å². The van der Waals surface area contributed by atoms with E-state index in [1.165, 1.54) is 28.3 Å². The molecule has 250 valence electrons. The van der Waals surface area contributed by atoms with Crippen LogP contribution in [-0.2, 0) is 42.6 Å². The molecule has 2 aliphatic heterocycles. The summed E-state index contributed by atoms with van der Waals surface area (Å²) in [6.45, 7) is 9.26. The first-order valence-corrected chi connectivity index (χ1v) is 16.9. The number of amides is 1. The summed E-state index contributed by atoms with van der Waals surface area (Å²) in [5.74, 6) is 0.608. The number of anilines is 3. The number of nitrogens with one attached hydrogen (secondary N) is 1. The summed E-state index contributed by atoms with van der Waals surface area (Å²) in [5.41, 5.74) is 7.77. The third-order valence-electron chi connectivity index (χ3n) is 10.2. The van der Waals surface area contributed by atoms with Crippen LogP contribution >= 0.6 is 0 Å². The minimum Gasteiger partial charge on any atom is -0.461 e. The van der Waals surface area contributed by atoms with Crippen molar-refractivity contribution >= 4 is 29.1 Å². The molecule has 1 saturated heterocycles. The predicted octanol–water partition coefficient (Wildman–Crippen LogP) is 5.65. The van der Waals surface area contributed by atoms with Gasteiger partial charge in [-0.25, -0.2) is 4.98 Å². The first-order valence-electron chi connectivity index (χ1n) is 16.9. The van der Waals surface area contributed by atoms with Crippen molar-refractivity contribution in [3.8, 4) is 11.1 Å². The first-order chi connectivity index (χ1) is 23.0. The largest absolute Gasteiger partial charge is 0.461 e. The molecule has 48 heavy (non-hydrogen) atoms. The molecular formula is C38H44N6O4. The van der Waals surface area contributed by atoms with Crippen molar-refractivity contribution in [2.24, 2.45) is 12.5 Å². The fourth-order valence-electron chi connectivity index (χ4n) is 7.71. The number of aryl methyl sites for hydroxylation is 1. The van der Waals surface area contributed by atoms with Gasteiger partial charge in [0.2, 0.25) is 0 Å². The number of piperidine rings is 1. The second-order valence-electron chi connectivity index (χ2n) is 14.4. The van der Waals surface area contributed by atoms with Crippen LogP contribution in [0.3, 0.4) is 0 Å². The van der Waals surface area contributed by atoms with E-state index >= 15 is 0 Å². The molecule has 7 rings (SSSR count). The number of pyridine rings is 2. The highest BCUT2D eigenvalue weighted by atomic mass is 16.5. The van der Waals surface area contributed by atoms with E-state index in [4.69, 9.17) is 4.74 Å². The fourth-order valence-corrected chi connectivity index (χ4v) is 7.71. The molecule has 0 bridgehead atoms. The second kappa shape index (κ2) is 12.4. The number of fused-ring (bicyclic) bond motifs is 3. The fraction of sp³-hybridized carbons (Fsp3) is 0.421. The van der Waals surface area contributed by atoms with Gasteiger partial charge >= 0.3 is 5.97 Å². The van der Waals surface area contributed by atoms with Crippen LogP contribution in [0.1, 0.15) is 72.4 Å². The summed E-state index contributed by atoms with van der Waals surface area (Å²) < 4.78 is 9.30. The van der Waals surface area contributed by atoms with Gasteiger partial charge in [0, 0.05) is 56.3 Å². The summed E-state index contributed by atoms with van der Waals surface area (Å²) in [4.78, 5) is 48.2. The summed E-state index contributed by atoms with van der Waals surface area (Å²) >= 11 is 0. The highest BCUT2D eigenvalue weighted by Gasteiger charge is 2.37. The lowest BCUT2D eigenvalue weighted by molar-refractivity contribution is -0.142. The molecule has 1 aliphatic carbocycles. The first kappa shape index (κ1) is 31.9. The zero-order chi connectivity index (χ0) is 33.7. The molecule has 1 fully saturated rings. The van der Waals surface area contributed by atoms with E-state index in [2.05, 4.69) is 52.8 Å². The Morgan fingerprint density at radius 3 is 2.54 bits per heavy atom. The van der Waals surface area contributed by atoms with Gasteiger partial charge < -0.3 is 29.0 Å². The molecule has 3 aliphatic rings. The second-order valence-corrected chi connectivity index (χ2v) is 14.4. The van der Waals surface area contributed by atoms with Crippen molar-refractivity contribution in [1.29, 1.82) is 0 Å². The maximum atomic E-state index is 14.1. The molecule has 0 spiro atoms. The highest BCUT2D eigenvalue weighted by molar-refractivity contribution is 6.07. The van der Waals surface area contributed by atoms with Gasteiger partial charge in [0.05, 0.1) is 5.69 Å². The van der Waals surface area contributed by atoms with E-state index < -0.39 is 5.97 Å². The number of rotatable bonds is 7. The SMILES string of the molecule is CC(=O)OCc1c(-c2cc(Nc3ccc(C4CCN(C)CC4)cn3)c(=O)n(C)c2)cccc1N1CCn2c(cc3c2CC(C)(C)C3)C1=O. The molecule has 0 unspecified atom stereocenters. The van der Waals surface area contributed by atoms with Crippen LogP contribution < -0.4 is 15.8 Å². The zero-order valence-electron chi connectivity index (χ0n) is 28.5. The molecule has 3 aromatic heterocycles. The number of hydrogen-bond acceptors (Lipinski definition) is 7. The Morgan fingerprint density at radius 2 is 1.81 bits per heavy atom. The quantitative estimate of drug-likeness (QED) is 0.259. The lowest BCUT2D eigenvalue weighted by atomic mass is 9.90. The Bertz CT molecular complexity index is 1950. The van der Waals surface area contributed by atoms with Crippen LogP contribution in [0.5, 0.6) is 0 Å². The topological polar surface area (TPSA) is 102 Å². The minimum atomic E-state index is -0.411. The van der Waals surface area contributed by atoms with Crippen molar-refractivity contribution in [2.75, 3.05) is 36.9 Å². The third-order valence-corrected chi connectivity index (χ3v) is 10.2. The number of nitrogens with zero attached hydrogens (tertiary/aromatic N) is 5. The third kappa shape index (κ3) is 6.05. The lowest BCUT2D eigenvalue weighted by Crippen LogP contribution is -2.41. The number of benzene rings is 1. The van der Waals surface area contributed by atoms with E-state index in [0.29, 0.717) is 47.5 Å². The molecule has 0 radical (unpaired) electrons. The van der Waals surface area contributed by atoms with E-state index in [9.17, 15) is 14.4 Å². The van der Waals surface area contributed by atoms with Crippen LogP contribution in [0, 0.1) is 5.41 Å². The molecule has 1 N–H and O–H groups in total. The van der Waals surface area contributed by atoms with Crippen molar-refractivity contribution < 1.29 is 14.3 Å². The van der Waals surface area contributed by atoms with Crippen LogP contribution in [-0.4, -0.2) is 57.6 Å². The zero-order valence-corrected chi connectivity index (χ0v) is 28.5. The van der Waals surface area contributed by atoms with Gasteiger partial charge in [-0.2, -0.15) is 0 Å². The van der Waals surface area contributed by atoms with Crippen molar-refractivity contribution in [1.82, 2.24) is 19.0 Å². The average Bonchev–Trinajstić information content (AvgIpc) is 3.55. The van der Waals surface area contributed by atoms with Gasteiger partial charge in [-0.1, -0.05) is 32.0 Å². The van der Waals surface area contributed by atoms with Crippen molar-refractivity contribution in [2.45, 2.75) is 65.5 Å². The molecular weight excluding hydrogens is 604 g/mol. The number of carbonyl (C=O) groups excluding carboxylic acids is 2. The van der Waals surface area contributed by atoms with Crippen molar-refractivity contribution in [3.05, 3.63) is 93.3 Å². The van der Waals surface area contributed by atoms with E-state index in [-0.39, 0.29) is 23.5 Å². The minimum absolute atomic E-state index is 0.0120. The van der Waals surface area contributed by atoms with Gasteiger partial charge in [-0.05, 0) is 98.1 Å². The normalized spacial score (nSPS) is 17.7. The van der Waals surface area contributed by atoms with Crippen LogP contribution in [0.15, 0.2) is 59.7 Å². The summed E-state index contributed by atoms with van der Waals surface area (Å²) in [5, 5.41) is 3.25. The Kier molecular flexibility index (Phi) is 8.23. The number of ether oxygens (including phenoxy) is 1. The van der Waals surface area contributed by atoms with Gasteiger partial charge in [-0.3, -0.25) is 14.4 Å². The molecule has 10 heteroatoms. The Labute approximate surface area is 281 Å². The Morgan fingerprint density at radius 1 is 1.02 bits per heavy atom. The van der Waals surface area contributed by atoms with E-state index in [1.54, 1.807) is 24.2 Å². The number of carbonyl (C=O) groups is 2. The van der Waals surface area contributed by atoms with Gasteiger partial charge in [0.1, 0.15) is 23.8 Å². The number of aromatic nitrogens is 3. The number of likely N-dealkylation sites (tertiary alicyclic amines) is 1. The monoisotopic (exact) mass is 648 g/mol. The van der Waals surface area contributed by atoms with Crippen LogP contribution in [0.25, 0.3) is 11.1 Å². The molecule has 0 saturated carbocycles. The predicted molar refractivity (Wildman–Crippen MR) is 187 cm³/mol. The summed E-state index contributed by atoms with van der Waals surface area (Å²) in [6, 6.07) is 13.7. The van der Waals surface area contributed by atoms with Gasteiger partial charge in [-0.15, -0.1) is 0 Å².